The fourth-order valence-corrected chi connectivity index (χ4v) is 2.17. The van der Waals surface area contributed by atoms with Crippen LogP contribution in [0, 0.1) is 0 Å². The molecule has 0 aliphatic rings. The summed E-state index contributed by atoms with van der Waals surface area (Å²) in [5.41, 5.74) is 1.88. The number of carbonyl (C=O) groups is 1. The summed E-state index contributed by atoms with van der Waals surface area (Å²) in [5, 5.41) is 1.17. The maximum absolute atomic E-state index is 12.2. The molecular weight excluding hydrogens is 284 g/mol. The summed E-state index contributed by atoms with van der Waals surface area (Å²) < 4.78 is 10.4. The molecular formula is C16H26N2O4. The number of benzene rings is 1. The predicted octanol–water partition coefficient (Wildman–Crippen LogP) is 1.87. The van der Waals surface area contributed by atoms with E-state index in [0.717, 1.165) is 24.3 Å². The number of ether oxygens (including phenoxy) is 2. The molecule has 124 valence electrons. The maximum atomic E-state index is 12.2. The highest BCUT2D eigenvalue weighted by molar-refractivity contribution is 5.81. The van der Waals surface area contributed by atoms with Crippen LogP contribution in [0.15, 0.2) is 24.3 Å². The average molecular weight is 310 g/mol. The van der Waals surface area contributed by atoms with Crippen LogP contribution in [-0.2, 0) is 19.1 Å². The van der Waals surface area contributed by atoms with Crippen molar-refractivity contribution in [2.45, 2.75) is 13.0 Å². The molecule has 0 fully saturated rings. The van der Waals surface area contributed by atoms with Crippen molar-refractivity contribution >= 4 is 11.6 Å². The number of amides is 1. The Morgan fingerprint density at radius 1 is 1.18 bits per heavy atom. The van der Waals surface area contributed by atoms with Gasteiger partial charge in [0.25, 0.3) is 5.91 Å². The molecule has 1 atom stereocenters. The summed E-state index contributed by atoms with van der Waals surface area (Å²) in [6.45, 7) is 4.49. The zero-order valence-corrected chi connectivity index (χ0v) is 14.0. The maximum Gasteiger partial charge on any atom is 0.279 e. The van der Waals surface area contributed by atoms with E-state index < -0.39 is 6.10 Å². The molecule has 1 unspecified atom stereocenters. The van der Waals surface area contributed by atoms with E-state index in [1.165, 1.54) is 19.3 Å². The molecule has 1 rings (SSSR count). The minimum absolute atomic E-state index is 0.246. The summed E-state index contributed by atoms with van der Waals surface area (Å²) >= 11 is 0. The van der Waals surface area contributed by atoms with Gasteiger partial charge >= 0.3 is 0 Å². The third-order valence-electron chi connectivity index (χ3n) is 3.55. The monoisotopic (exact) mass is 310 g/mol. The Bertz CT molecular complexity index is 450. The van der Waals surface area contributed by atoms with Crippen LogP contribution < -0.4 is 4.90 Å². The molecule has 1 amide bonds. The van der Waals surface area contributed by atoms with Crippen molar-refractivity contribution in [1.29, 1.82) is 0 Å². The van der Waals surface area contributed by atoms with Crippen LogP contribution >= 0.6 is 0 Å². The molecule has 0 spiro atoms. The molecule has 0 saturated heterocycles. The lowest BCUT2D eigenvalue weighted by molar-refractivity contribution is -0.179. The Morgan fingerprint density at radius 2 is 1.82 bits per heavy atom. The van der Waals surface area contributed by atoms with E-state index in [9.17, 15) is 4.79 Å². The summed E-state index contributed by atoms with van der Waals surface area (Å²) in [4.78, 5) is 19.3. The van der Waals surface area contributed by atoms with Gasteiger partial charge in [-0.15, -0.1) is 0 Å². The molecule has 0 radical (unpaired) electrons. The number of carbonyl (C=O) groups excluding carboxylic acids is 1. The Hall–Kier alpha value is -1.63. The van der Waals surface area contributed by atoms with E-state index in [2.05, 4.69) is 11.8 Å². The van der Waals surface area contributed by atoms with E-state index in [0.29, 0.717) is 6.61 Å². The number of likely N-dealkylation sites (N-methyl/N-ethyl adjacent to an activating group) is 2. The zero-order chi connectivity index (χ0) is 16.5. The highest BCUT2D eigenvalue weighted by Crippen LogP contribution is 2.23. The molecule has 0 aromatic heterocycles. The van der Waals surface area contributed by atoms with Crippen LogP contribution in [0.1, 0.15) is 18.6 Å². The SMILES string of the molecule is CCN(CCOC)c1ccc(C(OC)C(=O)N(C)OC)cc1. The Labute approximate surface area is 132 Å². The number of methoxy groups -OCH3 is 2. The first-order valence-electron chi connectivity index (χ1n) is 7.27. The largest absolute Gasteiger partial charge is 0.383 e. The van der Waals surface area contributed by atoms with E-state index in [1.807, 2.05) is 24.3 Å². The van der Waals surface area contributed by atoms with Crippen molar-refractivity contribution in [3.63, 3.8) is 0 Å². The van der Waals surface area contributed by atoms with Gasteiger partial charge in [0.1, 0.15) is 0 Å². The van der Waals surface area contributed by atoms with Gasteiger partial charge in [0, 0.05) is 40.0 Å². The van der Waals surface area contributed by atoms with E-state index >= 15 is 0 Å². The summed E-state index contributed by atoms with van der Waals surface area (Å²) in [7, 11) is 6.21. The average Bonchev–Trinajstić information content (AvgIpc) is 2.56. The van der Waals surface area contributed by atoms with Crippen molar-refractivity contribution in [3.05, 3.63) is 29.8 Å². The third-order valence-corrected chi connectivity index (χ3v) is 3.55. The highest BCUT2D eigenvalue weighted by Gasteiger charge is 2.24. The summed E-state index contributed by atoms with van der Waals surface area (Å²) in [6.07, 6.45) is -0.673. The van der Waals surface area contributed by atoms with Gasteiger partial charge in [0.15, 0.2) is 6.10 Å². The smallest absolute Gasteiger partial charge is 0.279 e. The van der Waals surface area contributed by atoms with Crippen LogP contribution in [0.5, 0.6) is 0 Å². The van der Waals surface area contributed by atoms with Gasteiger partial charge in [0.05, 0.1) is 13.7 Å². The van der Waals surface area contributed by atoms with Crippen LogP contribution in [0.4, 0.5) is 5.69 Å². The molecule has 0 bridgehead atoms. The van der Waals surface area contributed by atoms with Crippen LogP contribution in [0.2, 0.25) is 0 Å². The molecule has 22 heavy (non-hydrogen) atoms. The van der Waals surface area contributed by atoms with E-state index in [1.54, 1.807) is 14.2 Å². The summed E-state index contributed by atoms with van der Waals surface area (Å²) in [6, 6.07) is 7.78. The first-order chi connectivity index (χ1) is 10.6. The Kier molecular flexibility index (Phi) is 7.87. The number of hydrogen-bond donors (Lipinski definition) is 0. The van der Waals surface area contributed by atoms with Gasteiger partial charge < -0.3 is 14.4 Å². The molecule has 0 heterocycles. The highest BCUT2D eigenvalue weighted by atomic mass is 16.7. The number of hydroxylamine groups is 2. The topological polar surface area (TPSA) is 51.2 Å². The van der Waals surface area contributed by atoms with Gasteiger partial charge in [0.2, 0.25) is 0 Å². The van der Waals surface area contributed by atoms with Crippen LogP contribution in [-0.4, -0.2) is 59.0 Å². The molecule has 6 heteroatoms. The third kappa shape index (κ3) is 4.69. The summed E-state index contributed by atoms with van der Waals surface area (Å²) in [5.74, 6) is -0.246. The minimum atomic E-state index is -0.673. The second kappa shape index (κ2) is 9.40. The first kappa shape index (κ1) is 18.4. The molecule has 0 aliphatic heterocycles. The zero-order valence-electron chi connectivity index (χ0n) is 14.0. The fraction of sp³-hybridized carbons (Fsp3) is 0.562. The van der Waals surface area contributed by atoms with Gasteiger partial charge in [-0.2, -0.15) is 0 Å². The quantitative estimate of drug-likeness (QED) is 0.652. The van der Waals surface area contributed by atoms with Gasteiger partial charge in [-0.05, 0) is 24.6 Å². The second-order valence-corrected chi connectivity index (χ2v) is 4.80. The number of nitrogens with zero attached hydrogens (tertiary/aromatic N) is 2. The molecule has 0 aliphatic carbocycles. The van der Waals surface area contributed by atoms with Crippen molar-refractivity contribution < 1.29 is 19.1 Å². The standard InChI is InChI=1S/C16H26N2O4/c1-6-18(11-12-20-3)14-9-7-13(8-10-14)15(21-4)16(19)17(2)22-5/h7-10,15H,6,11-12H2,1-5H3. The van der Waals surface area contributed by atoms with Crippen LogP contribution in [0.25, 0.3) is 0 Å². The lowest BCUT2D eigenvalue weighted by atomic mass is 10.1. The molecule has 6 nitrogen and oxygen atoms in total. The number of hydrogen-bond acceptors (Lipinski definition) is 5. The van der Waals surface area contributed by atoms with Gasteiger partial charge in [-0.25, -0.2) is 5.06 Å². The van der Waals surface area contributed by atoms with Crippen molar-refractivity contribution in [2.24, 2.45) is 0 Å². The van der Waals surface area contributed by atoms with Crippen molar-refractivity contribution in [1.82, 2.24) is 5.06 Å². The normalized spacial score (nSPS) is 12.0. The second-order valence-electron chi connectivity index (χ2n) is 4.80. The van der Waals surface area contributed by atoms with Crippen LogP contribution in [0.3, 0.4) is 0 Å². The minimum Gasteiger partial charge on any atom is -0.383 e. The molecule has 1 aromatic carbocycles. The van der Waals surface area contributed by atoms with Crippen molar-refractivity contribution in [3.8, 4) is 0 Å². The molecule has 0 saturated carbocycles. The number of rotatable bonds is 9. The predicted molar refractivity (Wildman–Crippen MR) is 85.7 cm³/mol. The van der Waals surface area contributed by atoms with E-state index in [-0.39, 0.29) is 5.91 Å². The fourth-order valence-electron chi connectivity index (χ4n) is 2.17. The van der Waals surface area contributed by atoms with Crippen molar-refractivity contribution in [2.75, 3.05) is 53.0 Å². The molecule has 0 N–H and O–H groups in total. The Morgan fingerprint density at radius 3 is 2.27 bits per heavy atom. The Balaban J connectivity index is 2.87. The first-order valence-corrected chi connectivity index (χ1v) is 7.27. The number of anilines is 1. The molecule has 1 aromatic rings. The van der Waals surface area contributed by atoms with Gasteiger partial charge in [-0.1, -0.05) is 12.1 Å². The van der Waals surface area contributed by atoms with E-state index in [4.69, 9.17) is 14.3 Å². The van der Waals surface area contributed by atoms with Gasteiger partial charge in [-0.3, -0.25) is 9.63 Å². The lowest BCUT2D eigenvalue weighted by Crippen LogP contribution is -2.31. The lowest BCUT2D eigenvalue weighted by Gasteiger charge is -2.24.